The summed E-state index contributed by atoms with van der Waals surface area (Å²) in [5.74, 6) is -9.22. The van der Waals surface area contributed by atoms with Crippen LogP contribution in [0.25, 0.3) is 0 Å². The quantitative estimate of drug-likeness (QED) is 0.0319. The first-order chi connectivity index (χ1) is 21.1. The van der Waals surface area contributed by atoms with Crippen LogP contribution >= 0.6 is 0 Å². The Morgan fingerprint density at radius 2 is 1.27 bits per heavy atom. The van der Waals surface area contributed by atoms with Crippen LogP contribution in [0.3, 0.4) is 0 Å². The largest absolute Gasteiger partial charge is 0.481 e. The molecule has 1 aliphatic heterocycles. The maximum atomic E-state index is 13.3. The Labute approximate surface area is 257 Å². The van der Waals surface area contributed by atoms with Crippen LogP contribution in [0.2, 0.25) is 0 Å². The van der Waals surface area contributed by atoms with E-state index in [1.807, 2.05) is 0 Å². The monoisotopic (exact) mass is 643 g/mol. The van der Waals surface area contributed by atoms with Crippen molar-refractivity contribution >= 4 is 53.4 Å². The first-order valence-corrected chi connectivity index (χ1v) is 14.1. The molecule has 5 amide bonds. The highest BCUT2D eigenvalue weighted by molar-refractivity contribution is 5.97. The number of aliphatic carboxylic acids is 3. The van der Waals surface area contributed by atoms with Gasteiger partial charge in [0.05, 0.1) is 12.5 Å². The standard InChI is InChI=1S/C25H41N9O11/c26-17(35)11-16(23(43)33-15(24(44)45)6-8-19(38)39)34-21(41)13(4-2-10-30-25(27)28)31-22(42)14(5-7-18(36)37)32-20(40)12-3-1-9-29-12/h12-16,29H,1-11H2,(H2,26,35)(H,31,42)(H,32,40)(H,33,43)(H,34,41)(H,36,37)(H,38,39)(H,44,45)(H4,27,28,30)/t12-,13-,14-,15-,16-/m0/s1. The SMILES string of the molecule is N=C(N)NCCC[C@H](NC(=O)[C@H](CCC(=O)O)NC(=O)[C@@H]1CCCN1)C(=O)N[C@@H](CC(N)=O)C(=O)N[C@@H](CCC(=O)O)C(=O)O. The van der Waals surface area contributed by atoms with Gasteiger partial charge in [-0.1, -0.05) is 0 Å². The number of hydrogen-bond donors (Lipinski definition) is 12. The van der Waals surface area contributed by atoms with E-state index in [0.29, 0.717) is 19.4 Å². The molecule has 0 aliphatic carbocycles. The van der Waals surface area contributed by atoms with Gasteiger partial charge < -0.3 is 58.7 Å². The highest BCUT2D eigenvalue weighted by Crippen LogP contribution is 2.08. The highest BCUT2D eigenvalue weighted by Gasteiger charge is 2.33. The second-order valence-corrected chi connectivity index (χ2v) is 10.2. The van der Waals surface area contributed by atoms with Gasteiger partial charge in [0.2, 0.25) is 29.5 Å². The minimum Gasteiger partial charge on any atom is -0.481 e. The van der Waals surface area contributed by atoms with Crippen molar-refractivity contribution in [1.82, 2.24) is 31.9 Å². The highest BCUT2D eigenvalue weighted by atomic mass is 16.4. The molecule has 0 radical (unpaired) electrons. The predicted octanol–water partition coefficient (Wildman–Crippen LogP) is -4.37. The molecule has 0 aromatic rings. The summed E-state index contributed by atoms with van der Waals surface area (Å²) in [5, 5.41) is 49.2. The Balaban J connectivity index is 3.16. The normalized spacial score (nSPS) is 16.6. The van der Waals surface area contributed by atoms with E-state index in [0.717, 1.165) is 0 Å². The van der Waals surface area contributed by atoms with Gasteiger partial charge in [-0.2, -0.15) is 0 Å². The van der Waals surface area contributed by atoms with Gasteiger partial charge in [0.1, 0.15) is 24.2 Å². The molecule has 0 aromatic carbocycles. The summed E-state index contributed by atoms with van der Waals surface area (Å²) in [6, 6.07) is -6.81. The lowest BCUT2D eigenvalue weighted by molar-refractivity contribution is -0.143. The zero-order valence-corrected chi connectivity index (χ0v) is 24.4. The van der Waals surface area contributed by atoms with Crippen LogP contribution in [0.1, 0.15) is 57.8 Å². The third-order valence-electron chi connectivity index (χ3n) is 6.57. The first-order valence-electron chi connectivity index (χ1n) is 14.1. The van der Waals surface area contributed by atoms with Crippen molar-refractivity contribution < 1.29 is 53.7 Å². The van der Waals surface area contributed by atoms with E-state index < -0.39 is 103 Å². The number of carboxylic acids is 3. The number of amides is 5. The van der Waals surface area contributed by atoms with Crippen LogP contribution in [-0.2, 0) is 38.4 Å². The smallest absolute Gasteiger partial charge is 0.326 e. The van der Waals surface area contributed by atoms with Crippen LogP contribution in [0, 0.1) is 5.41 Å². The molecule has 1 aliphatic rings. The number of hydrogen-bond acceptors (Lipinski definition) is 10. The van der Waals surface area contributed by atoms with Gasteiger partial charge in [0.15, 0.2) is 5.96 Å². The van der Waals surface area contributed by atoms with Crippen LogP contribution in [0.5, 0.6) is 0 Å². The molecule has 1 fully saturated rings. The summed E-state index contributed by atoms with van der Waals surface area (Å²) in [6.07, 6.45) is -1.52. The van der Waals surface area contributed by atoms with Crippen LogP contribution in [0.4, 0.5) is 0 Å². The van der Waals surface area contributed by atoms with Crippen molar-refractivity contribution in [3.05, 3.63) is 0 Å². The molecule has 5 atom stereocenters. The number of carboxylic acid groups (broad SMARTS) is 3. The fourth-order valence-electron chi connectivity index (χ4n) is 4.27. The van der Waals surface area contributed by atoms with Gasteiger partial charge in [0, 0.05) is 19.4 Å². The number of guanidine groups is 1. The third-order valence-corrected chi connectivity index (χ3v) is 6.57. The molecular weight excluding hydrogens is 602 g/mol. The molecule has 1 saturated heterocycles. The van der Waals surface area contributed by atoms with E-state index in [2.05, 4.69) is 31.9 Å². The Hall–Kier alpha value is -5.01. The van der Waals surface area contributed by atoms with Crippen molar-refractivity contribution in [2.45, 2.75) is 88.0 Å². The molecule has 1 heterocycles. The number of nitrogens with two attached hydrogens (primary N) is 2. The van der Waals surface area contributed by atoms with E-state index in [-0.39, 0.29) is 31.8 Å². The van der Waals surface area contributed by atoms with E-state index in [1.165, 1.54) is 0 Å². The summed E-state index contributed by atoms with van der Waals surface area (Å²) in [4.78, 5) is 97.4. The topological polar surface area (TPSA) is 345 Å². The summed E-state index contributed by atoms with van der Waals surface area (Å²) >= 11 is 0. The fourth-order valence-corrected chi connectivity index (χ4v) is 4.27. The zero-order valence-electron chi connectivity index (χ0n) is 24.4. The molecule has 20 nitrogen and oxygen atoms in total. The molecule has 20 heteroatoms. The van der Waals surface area contributed by atoms with E-state index in [4.69, 9.17) is 27.1 Å². The van der Waals surface area contributed by atoms with Crippen molar-refractivity contribution in [2.24, 2.45) is 11.5 Å². The van der Waals surface area contributed by atoms with E-state index in [9.17, 15) is 43.5 Å². The molecule has 0 bridgehead atoms. The first kappa shape index (κ1) is 38.0. The van der Waals surface area contributed by atoms with Crippen molar-refractivity contribution in [2.75, 3.05) is 13.1 Å². The number of nitrogens with one attached hydrogen (secondary N) is 7. The van der Waals surface area contributed by atoms with Crippen LogP contribution < -0.4 is 43.4 Å². The minimum absolute atomic E-state index is 0.0799. The van der Waals surface area contributed by atoms with Gasteiger partial charge in [0.25, 0.3) is 0 Å². The van der Waals surface area contributed by atoms with Gasteiger partial charge in [-0.3, -0.25) is 39.0 Å². The third kappa shape index (κ3) is 15.3. The molecule has 1 rings (SSSR count). The zero-order chi connectivity index (χ0) is 34.1. The molecule has 45 heavy (non-hydrogen) atoms. The van der Waals surface area contributed by atoms with Crippen molar-refractivity contribution in [1.29, 1.82) is 5.41 Å². The second-order valence-electron chi connectivity index (χ2n) is 10.2. The van der Waals surface area contributed by atoms with E-state index in [1.54, 1.807) is 0 Å². The average molecular weight is 644 g/mol. The molecule has 0 spiro atoms. The maximum absolute atomic E-state index is 13.3. The van der Waals surface area contributed by atoms with Gasteiger partial charge in [-0.25, -0.2) is 4.79 Å². The molecule has 0 unspecified atom stereocenters. The lowest BCUT2D eigenvalue weighted by atomic mass is 10.1. The maximum Gasteiger partial charge on any atom is 0.326 e. The number of carbonyl (C=O) groups excluding carboxylic acids is 5. The lowest BCUT2D eigenvalue weighted by Crippen LogP contribution is -2.59. The minimum atomic E-state index is -1.73. The average Bonchev–Trinajstić information content (AvgIpc) is 3.48. The van der Waals surface area contributed by atoms with Crippen LogP contribution in [0.15, 0.2) is 0 Å². The Morgan fingerprint density at radius 3 is 1.76 bits per heavy atom. The van der Waals surface area contributed by atoms with Gasteiger partial charge in [-0.05, 0) is 45.1 Å². The van der Waals surface area contributed by atoms with Gasteiger partial charge in [-0.15, -0.1) is 0 Å². The summed E-state index contributed by atoms with van der Waals surface area (Å²) in [6.45, 7) is 0.657. The molecule has 14 N–H and O–H groups in total. The van der Waals surface area contributed by atoms with Crippen LogP contribution in [-0.4, -0.2) is 112 Å². The fraction of sp³-hybridized carbons (Fsp3) is 0.640. The molecular formula is C25H41N9O11. The van der Waals surface area contributed by atoms with Gasteiger partial charge >= 0.3 is 17.9 Å². The Morgan fingerprint density at radius 1 is 0.756 bits per heavy atom. The Bertz CT molecular complexity index is 1130. The van der Waals surface area contributed by atoms with Crippen molar-refractivity contribution in [3.63, 3.8) is 0 Å². The number of primary amides is 1. The van der Waals surface area contributed by atoms with E-state index >= 15 is 0 Å². The number of carbonyl (C=O) groups is 8. The summed E-state index contributed by atoms with van der Waals surface area (Å²) in [5.41, 5.74) is 10.5. The summed E-state index contributed by atoms with van der Waals surface area (Å²) in [7, 11) is 0. The van der Waals surface area contributed by atoms with Crippen molar-refractivity contribution in [3.8, 4) is 0 Å². The summed E-state index contributed by atoms with van der Waals surface area (Å²) < 4.78 is 0. The molecule has 0 aromatic heterocycles. The Kier molecular flexibility index (Phi) is 16.3. The molecule has 0 saturated carbocycles. The second kappa shape index (κ2) is 19.3. The number of rotatable bonds is 21. The molecule has 252 valence electrons. The predicted molar refractivity (Wildman–Crippen MR) is 153 cm³/mol. The lowest BCUT2D eigenvalue weighted by Gasteiger charge is -2.26.